The smallest absolute Gasteiger partial charge is 0.531 e. The average Bonchev–Trinajstić information content (AvgIpc) is 2.71. The molecule has 10 heteroatoms. The maximum atomic E-state index is 9.25. The van der Waals surface area contributed by atoms with Gasteiger partial charge in [0.25, 0.3) is 0 Å². The first kappa shape index (κ1) is 35.1. The number of ether oxygens (including phenoxy) is 4. The van der Waals surface area contributed by atoms with Crippen molar-refractivity contribution in [2.75, 3.05) is 33.0 Å². The van der Waals surface area contributed by atoms with Crippen LogP contribution < -0.4 is 0 Å². The minimum Gasteiger partial charge on any atom is -0.531 e. The van der Waals surface area contributed by atoms with E-state index in [1.165, 1.54) is 26.7 Å². The molecule has 2 fully saturated rings. The zero-order valence-electron chi connectivity index (χ0n) is 18.4. The second-order valence-corrected chi connectivity index (χ2v) is 5.89. The van der Waals surface area contributed by atoms with E-state index in [9.17, 15) is 15.3 Å². The summed E-state index contributed by atoms with van der Waals surface area (Å²) in [4.78, 5) is 0. The van der Waals surface area contributed by atoms with Crippen LogP contribution in [0.4, 0.5) is 0 Å². The van der Waals surface area contributed by atoms with Crippen molar-refractivity contribution in [3.8, 4) is 0 Å². The van der Waals surface area contributed by atoms with Gasteiger partial charge >= 0.3 is 21.1 Å². The first-order chi connectivity index (χ1) is 13.4. The summed E-state index contributed by atoms with van der Waals surface area (Å²) >= 11 is 0. The van der Waals surface area contributed by atoms with Gasteiger partial charge in [-0.1, -0.05) is 39.9 Å². The van der Waals surface area contributed by atoms with Crippen LogP contribution in [0, 0.1) is 33.8 Å². The average molecular weight is 668 g/mol. The predicted octanol–water partition coefficient (Wildman–Crippen LogP) is 0.534. The Hall–Kier alpha value is 1.47. The largest absolute Gasteiger partial charge is 2.00 e. The summed E-state index contributed by atoms with van der Waals surface area (Å²) < 4.78 is 24.8. The normalized spacial score (nSPS) is 28.2. The minimum atomic E-state index is -1.40. The maximum absolute atomic E-state index is 9.25. The molecule has 1 radical (unpaired) electrons. The molecule has 0 bridgehead atoms. The van der Waals surface area contributed by atoms with Crippen molar-refractivity contribution in [2.24, 2.45) is 5.92 Å². The summed E-state index contributed by atoms with van der Waals surface area (Å²) in [5.74, 6) is 0.815. The molecule has 2 rings (SSSR count). The summed E-state index contributed by atoms with van der Waals surface area (Å²) in [5.41, 5.74) is 0. The molecule has 173 valence electrons. The van der Waals surface area contributed by atoms with Crippen LogP contribution in [0.1, 0.15) is 28.0 Å². The third kappa shape index (κ3) is 16.7. The summed E-state index contributed by atoms with van der Waals surface area (Å²) in [6.07, 6.45) is -2.02. The van der Waals surface area contributed by atoms with Crippen LogP contribution in [-0.2, 0) is 72.7 Å². The van der Waals surface area contributed by atoms with Crippen molar-refractivity contribution in [3.63, 3.8) is 0 Å². The Morgan fingerprint density at radius 2 is 1.45 bits per heavy atom. The summed E-state index contributed by atoms with van der Waals surface area (Å²) in [6.45, 7) is 12.6. The van der Waals surface area contributed by atoms with Crippen LogP contribution >= 0.6 is 0 Å². The molecular weight excluding hydrogens is 629 g/mol. The monoisotopic (exact) mass is 668 g/mol. The number of hydrogen-bond acceptors (Lipinski definition) is 8. The van der Waals surface area contributed by atoms with E-state index in [0.29, 0.717) is 26.4 Å². The van der Waals surface area contributed by atoms with Crippen LogP contribution in [-0.4, -0.2) is 84.2 Å². The van der Waals surface area contributed by atoms with Crippen molar-refractivity contribution in [3.05, 3.63) is 27.9 Å². The molecule has 1 saturated heterocycles. The van der Waals surface area contributed by atoms with E-state index in [4.69, 9.17) is 20.7 Å². The van der Waals surface area contributed by atoms with Gasteiger partial charge < -0.3 is 60.1 Å². The summed E-state index contributed by atoms with van der Waals surface area (Å²) in [6, 6.07) is 0. The molecule has 5 unspecified atom stereocenters. The Balaban J connectivity index is -0.000000171. The molecule has 1 heterocycles. The Labute approximate surface area is 217 Å². The van der Waals surface area contributed by atoms with Crippen LogP contribution in [0.15, 0.2) is 0 Å². The van der Waals surface area contributed by atoms with Gasteiger partial charge in [-0.2, -0.15) is 5.92 Å². The van der Waals surface area contributed by atoms with E-state index < -0.39 is 37.3 Å². The number of aliphatic hydroxyl groups is 4. The van der Waals surface area contributed by atoms with Crippen LogP contribution in [0.5, 0.6) is 0 Å². The Kier molecular flexibility index (Phi) is 29.2. The molecule has 0 aromatic carbocycles. The minimum absolute atomic E-state index is 0. The maximum Gasteiger partial charge on any atom is 2.00 e. The third-order valence-electron chi connectivity index (χ3n) is 3.90. The van der Waals surface area contributed by atoms with E-state index in [1.54, 1.807) is 0 Å². The Morgan fingerprint density at radius 1 is 1.00 bits per heavy atom. The molecular formula is C19H38O8WY-2. The van der Waals surface area contributed by atoms with Gasteiger partial charge in [-0.05, 0) is 0 Å². The quantitative estimate of drug-likeness (QED) is 0.230. The van der Waals surface area contributed by atoms with Gasteiger partial charge in [0.2, 0.25) is 0 Å². The molecule has 5 atom stereocenters. The van der Waals surface area contributed by atoms with E-state index in [2.05, 4.69) is 32.6 Å². The van der Waals surface area contributed by atoms with Gasteiger partial charge in [-0.15, -0.1) is 0 Å². The zero-order chi connectivity index (χ0) is 21.9. The number of hydrogen-bond donors (Lipinski definition) is 4. The van der Waals surface area contributed by atoms with Gasteiger partial charge in [-0.3, -0.25) is 0 Å². The summed E-state index contributed by atoms with van der Waals surface area (Å²) in [5, 5.41) is 36.5. The molecule has 1 aliphatic heterocycles. The van der Waals surface area contributed by atoms with E-state index >= 15 is 0 Å². The molecule has 1 aliphatic carbocycles. The molecule has 0 aromatic heterocycles. The topological polar surface area (TPSA) is 118 Å². The second kappa shape index (κ2) is 24.1. The van der Waals surface area contributed by atoms with Gasteiger partial charge in [0.15, 0.2) is 6.29 Å². The zero-order valence-corrected chi connectivity index (χ0v) is 23.1. The van der Waals surface area contributed by atoms with E-state index in [-0.39, 0.29) is 53.8 Å². The van der Waals surface area contributed by atoms with Crippen LogP contribution in [0.25, 0.3) is 0 Å². The van der Waals surface area contributed by atoms with Crippen LogP contribution in [0.2, 0.25) is 0 Å². The van der Waals surface area contributed by atoms with Crippen molar-refractivity contribution in [2.45, 2.75) is 57.4 Å². The van der Waals surface area contributed by atoms with Crippen molar-refractivity contribution >= 4 is 0 Å². The van der Waals surface area contributed by atoms with Crippen LogP contribution in [0.3, 0.4) is 0 Å². The molecule has 1 saturated carbocycles. The van der Waals surface area contributed by atoms with Crippen molar-refractivity contribution < 1.29 is 94.5 Å². The molecule has 29 heavy (non-hydrogen) atoms. The molecule has 8 nitrogen and oxygen atoms in total. The van der Waals surface area contributed by atoms with Gasteiger partial charge in [0.05, 0.1) is 19.8 Å². The molecule has 0 aromatic rings. The van der Waals surface area contributed by atoms with Crippen molar-refractivity contribution in [1.82, 2.24) is 0 Å². The Bertz CT molecular complexity index is 307. The fraction of sp³-hybridized carbons (Fsp3) is 0.789. The van der Waals surface area contributed by atoms with E-state index in [1.807, 2.05) is 0 Å². The molecule has 2 aliphatic rings. The van der Waals surface area contributed by atoms with E-state index in [0.717, 1.165) is 5.92 Å². The van der Waals surface area contributed by atoms with Crippen molar-refractivity contribution in [1.29, 1.82) is 0 Å². The number of aliphatic hydroxyl groups excluding tert-OH is 4. The first-order valence-electron chi connectivity index (χ1n) is 9.71. The number of rotatable bonds is 7. The molecule has 0 spiro atoms. The second-order valence-electron chi connectivity index (χ2n) is 5.89. The van der Waals surface area contributed by atoms with Gasteiger partial charge in [0.1, 0.15) is 24.4 Å². The first-order valence-corrected chi connectivity index (χ1v) is 8.71. The molecule has 4 N–H and O–H groups in total. The predicted molar refractivity (Wildman–Crippen MR) is 102 cm³/mol. The fourth-order valence-corrected chi connectivity index (χ4v) is 2.02. The summed E-state index contributed by atoms with van der Waals surface area (Å²) in [7, 11) is 4.28. The third-order valence-corrected chi connectivity index (χ3v) is 3.90. The van der Waals surface area contributed by atoms with Gasteiger partial charge in [0, 0.05) is 34.1 Å². The standard InChI is InChI=1S/C7H13O6.C6H12O2.C5H9.CH4.W.Y/c1-12-7-6(11)5(10)4(9)3(2-8)13-7;1-3-7-5-6-8-4-2;1-5-3-2-4-5;;;/h3-11H,1-2H2;1-6H2;5H,1-4H2;1H4;;/q-1;-2;-1;;+2;/i;;;1D;;. The Morgan fingerprint density at radius 3 is 1.72 bits per heavy atom. The fourth-order valence-electron chi connectivity index (χ4n) is 2.02. The SMILES string of the molecule is [2H]C.[CH2-]C1CCC1.[CH2-]COCCOC[CH2-].[CH2-]OC1OC(CO)C(O)C(O)C1O.[W+2].[Y]. The molecule has 0 amide bonds. The van der Waals surface area contributed by atoms with Gasteiger partial charge in [-0.25, -0.2) is 7.11 Å².